The second-order valence-corrected chi connectivity index (χ2v) is 10.6. The van der Waals surface area contributed by atoms with E-state index in [-0.39, 0.29) is 5.60 Å². The highest BCUT2D eigenvalue weighted by molar-refractivity contribution is 7.99. The van der Waals surface area contributed by atoms with Crippen LogP contribution in [0, 0.1) is 0 Å². The van der Waals surface area contributed by atoms with Gasteiger partial charge in [0.15, 0.2) is 16.0 Å². The number of hydrogen-bond donors (Lipinski definition) is 0. The van der Waals surface area contributed by atoms with E-state index in [1.165, 1.54) is 16.0 Å². The molecule has 0 fully saturated rings. The maximum Gasteiger partial charge on any atom is 0.198 e. The third kappa shape index (κ3) is 3.66. The Morgan fingerprint density at radius 1 is 1.20 bits per heavy atom. The van der Waals surface area contributed by atoms with Crippen molar-refractivity contribution < 1.29 is 4.74 Å². The molecule has 0 radical (unpaired) electrons. The zero-order valence-corrected chi connectivity index (χ0v) is 19.5. The maximum absolute atomic E-state index is 6.02. The van der Waals surface area contributed by atoms with Gasteiger partial charge >= 0.3 is 0 Å². The van der Waals surface area contributed by atoms with Crippen LogP contribution in [0.1, 0.15) is 29.9 Å². The van der Waals surface area contributed by atoms with Crippen molar-refractivity contribution in [2.24, 2.45) is 0 Å². The molecule has 0 spiro atoms. The molecule has 0 N–H and O–H groups in total. The molecule has 4 aromatic rings. The van der Waals surface area contributed by atoms with Gasteiger partial charge in [-0.2, -0.15) is 0 Å². The second kappa shape index (κ2) is 8.00. The molecule has 30 heavy (non-hydrogen) atoms. The summed E-state index contributed by atoms with van der Waals surface area (Å²) < 4.78 is 8.13. The summed E-state index contributed by atoms with van der Waals surface area (Å²) in [4.78, 5) is 7.26. The molecule has 5 rings (SSSR count). The molecule has 154 valence electrons. The fourth-order valence-electron chi connectivity index (χ4n) is 3.69. The van der Waals surface area contributed by atoms with E-state index < -0.39 is 0 Å². The van der Waals surface area contributed by atoms with Crippen LogP contribution in [0.15, 0.2) is 46.7 Å². The number of rotatable bonds is 5. The molecule has 5 nitrogen and oxygen atoms in total. The quantitative estimate of drug-likeness (QED) is 0.284. The molecule has 0 saturated heterocycles. The van der Waals surface area contributed by atoms with Crippen LogP contribution >= 0.6 is 34.9 Å². The lowest BCUT2D eigenvalue weighted by molar-refractivity contribution is -0.0379. The number of nitrogens with zero attached hydrogens (tertiary/aromatic N) is 4. The first-order valence-corrected chi connectivity index (χ1v) is 12.8. The molecule has 8 heteroatoms. The summed E-state index contributed by atoms with van der Waals surface area (Å²) >= 11 is 5.04. The van der Waals surface area contributed by atoms with E-state index >= 15 is 0 Å². The Bertz CT molecular complexity index is 1240. The summed E-state index contributed by atoms with van der Waals surface area (Å²) in [6.45, 7) is 4.93. The molecule has 0 amide bonds. The fraction of sp³-hybridized carbons (Fsp3) is 0.318. The number of thiophene rings is 1. The van der Waals surface area contributed by atoms with Gasteiger partial charge in [0.2, 0.25) is 0 Å². The highest BCUT2D eigenvalue weighted by Crippen LogP contribution is 2.41. The third-order valence-corrected chi connectivity index (χ3v) is 7.74. The number of fused-ring (bicyclic) bond motifs is 5. The minimum absolute atomic E-state index is 0.171. The topological polar surface area (TPSA) is 52.3 Å². The Morgan fingerprint density at radius 3 is 2.83 bits per heavy atom. The monoisotopic (exact) mass is 454 g/mol. The van der Waals surface area contributed by atoms with E-state index in [2.05, 4.69) is 59.0 Å². The predicted octanol–water partition coefficient (Wildman–Crippen LogP) is 5.72. The van der Waals surface area contributed by atoms with Crippen molar-refractivity contribution in [3.05, 3.63) is 52.4 Å². The first-order valence-electron chi connectivity index (χ1n) is 9.77. The first kappa shape index (κ1) is 20.1. The molecule has 0 saturated carbocycles. The summed E-state index contributed by atoms with van der Waals surface area (Å²) in [5, 5.41) is 12.1. The molecule has 1 aliphatic rings. The van der Waals surface area contributed by atoms with Gasteiger partial charge in [-0.1, -0.05) is 66.0 Å². The summed E-state index contributed by atoms with van der Waals surface area (Å²) in [5.41, 5.74) is 3.27. The summed E-state index contributed by atoms with van der Waals surface area (Å²) in [5.74, 6) is 0.824. The van der Waals surface area contributed by atoms with Gasteiger partial charge in [0.25, 0.3) is 0 Å². The number of thioether (sulfide) groups is 2. The van der Waals surface area contributed by atoms with Crippen molar-refractivity contribution in [3.63, 3.8) is 0 Å². The average molecular weight is 455 g/mol. The van der Waals surface area contributed by atoms with E-state index in [0.29, 0.717) is 6.61 Å². The van der Waals surface area contributed by atoms with Crippen molar-refractivity contribution in [3.8, 4) is 0 Å². The molecule has 4 heterocycles. The van der Waals surface area contributed by atoms with Crippen LogP contribution in [0.25, 0.3) is 21.9 Å². The lowest BCUT2D eigenvalue weighted by Gasteiger charge is -2.30. The molecule has 0 bridgehead atoms. The molecule has 0 unspecified atom stereocenters. The van der Waals surface area contributed by atoms with Crippen molar-refractivity contribution >= 4 is 56.8 Å². The second-order valence-electron chi connectivity index (χ2n) is 7.77. The summed E-state index contributed by atoms with van der Waals surface area (Å²) in [7, 11) is 0. The van der Waals surface area contributed by atoms with Gasteiger partial charge in [0, 0.05) is 17.1 Å². The zero-order chi connectivity index (χ0) is 20.7. The summed E-state index contributed by atoms with van der Waals surface area (Å²) in [6, 6.07) is 10.3. The molecule has 1 aliphatic heterocycles. The molecular weight excluding hydrogens is 432 g/mol. The Hall–Kier alpha value is -1.87. The van der Waals surface area contributed by atoms with E-state index in [4.69, 9.17) is 9.72 Å². The van der Waals surface area contributed by atoms with Gasteiger partial charge in [-0.05, 0) is 31.2 Å². The van der Waals surface area contributed by atoms with Crippen LogP contribution < -0.4 is 0 Å². The van der Waals surface area contributed by atoms with Gasteiger partial charge in [0.1, 0.15) is 4.83 Å². The van der Waals surface area contributed by atoms with Crippen LogP contribution in [0.5, 0.6) is 0 Å². The lowest BCUT2D eigenvalue weighted by atomic mass is 9.94. The van der Waals surface area contributed by atoms with Crippen LogP contribution in [0.4, 0.5) is 0 Å². The Morgan fingerprint density at radius 2 is 2.03 bits per heavy atom. The summed E-state index contributed by atoms with van der Waals surface area (Å²) in [6.07, 6.45) is 7.22. The molecular formula is C22H22N4OS3. The molecule has 3 aromatic heterocycles. The van der Waals surface area contributed by atoms with Crippen LogP contribution in [0.3, 0.4) is 0 Å². The standard InChI is InChI=1S/C22H22N4OS3/c1-22(2)12-15-16(13-27-22)30-19-17(15)18-24-25-21(26(18)20(23-19)28-3)29-11-7-10-14-8-5-4-6-9-14/h4-10H,11-13H2,1-3H3/b10-7+. The molecule has 1 aromatic carbocycles. The normalized spacial score (nSPS) is 16.0. The Kier molecular flexibility index (Phi) is 5.35. The van der Waals surface area contributed by atoms with E-state index in [1.54, 1.807) is 34.9 Å². The smallest absolute Gasteiger partial charge is 0.198 e. The van der Waals surface area contributed by atoms with Gasteiger partial charge < -0.3 is 4.74 Å². The van der Waals surface area contributed by atoms with Crippen molar-refractivity contribution in [1.82, 2.24) is 19.6 Å². The number of hydrogen-bond acceptors (Lipinski definition) is 7. The Labute approximate surface area is 188 Å². The van der Waals surface area contributed by atoms with Crippen molar-refractivity contribution in [2.45, 2.75) is 42.8 Å². The highest BCUT2D eigenvalue weighted by atomic mass is 32.2. The largest absolute Gasteiger partial charge is 0.370 e. The van der Waals surface area contributed by atoms with Crippen LogP contribution in [0.2, 0.25) is 0 Å². The Balaban J connectivity index is 1.52. The maximum atomic E-state index is 6.02. The van der Waals surface area contributed by atoms with Crippen molar-refractivity contribution in [1.29, 1.82) is 0 Å². The van der Waals surface area contributed by atoms with Gasteiger partial charge in [-0.15, -0.1) is 21.5 Å². The average Bonchev–Trinajstić information content (AvgIpc) is 3.31. The number of benzene rings is 1. The minimum atomic E-state index is -0.171. The first-order chi connectivity index (χ1) is 14.6. The van der Waals surface area contributed by atoms with Crippen LogP contribution in [-0.4, -0.2) is 37.2 Å². The van der Waals surface area contributed by atoms with Gasteiger partial charge in [-0.3, -0.25) is 0 Å². The minimum Gasteiger partial charge on any atom is -0.370 e. The number of ether oxygens (including phenoxy) is 1. The molecule has 0 aliphatic carbocycles. The van der Waals surface area contributed by atoms with E-state index in [0.717, 1.165) is 38.4 Å². The van der Waals surface area contributed by atoms with Gasteiger partial charge in [-0.25, -0.2) is 9.38 Å². The SMILES string of the molecule is CSc1nc2sc3c(c2c2nnc(SC/C=C/c4ccccc4)n12)CC(C)(C)OC3. The van der Waals surface area contributed by atoms with Crippen LogP contribution in [-0.2, 0) is 17.8 Å². The van der Waals surface area contributed by atoms with Gasteiger partial charge in [0.05, 0.1) is 17.6 Å². The third-order valence-electron chi connectivity index (χ3n) is 5.12. The lowest BCUT2D eigenvalue weighted by Crippen LogP contribution is -2.31. The molecule has 0 atom stereocenters. The van der Waals surface area contributed by atoms with Crippen molar-refractivity contribution in [2.75, 3.05) is 12.0 Å². The highest BCUT2D eigenvalue weighted by Gasteiger charge is 2.31. The van der Waals surface area contributed by atoms with E-state index in [9.17, 15) is 0 Å². The predicted molar refractivity (Wildman–Crippen MR) is 127 cm³/mol. The van der Waals surface area contributed by atoms with E-state index in [1.807, 2.05) is 18.2 Å². The fourth-order valence-corrected chi connectivity index (χ4v) is 6.18. The number of aromatic nitrogens is 4. The zero-order valence-electron chi connectivity index (χ0n) is 17.1.